The van der Waals surface area contributed by atoms with Gasteiger partial charge in [-0.3, -0.25) is 0 Å². The van der Waals surface area contributed by atoms with Crippen LogP contribution < -0.4 is 14.4 Å². The van der Waals surface area contributed by atoms with Gasteiger partial charge in [0.15, 0.2) is 0 Å². The Balaban J connectivity index is 1.70. The molecular formula is C17H21NO2. The first-order chi connectivity index (χ1) is 9.79. The molecular weight excluding hydrogens is 250 g/mol. The van der Waals surface area contributed by atoms with E-state index in [0.717, 1.165) is 24.5 Å². The lowest BCUT2D eigenvalue weighted by molar-refractivity contribution is 0.312. The molecule has 0 aliphatic rings. The van der Waals surface area contributed by atoms with Crippen molar-refractivity contribution in [2.45, 2.75) is 6.42 Å². The summed E-state index contributed by atoms with van der Waals surface area (Å²) in [5.41, 5.74) is 1.23. The monoisotopic (exact) mass is 271 g/mol. The van der Waals surface area contributed by atoms with Crippen LogP contribution in [-0.4, -0.2) is 27.3 Å². The molecule has 0 bridgehead atoms. The van der Waals surface area contributed by atoms with Crippen molar-refractivity contribution in [2.24, 2.45) is 0 Å². The van der Waals surface area contributed by atoms with Crippen LogP contribution in [0.3, 0.4) is 0 Å². The fraction of sp³-hybridized carbons (Fsp3) is 0.294. The summed E-state index contributed by atoms with van der Waals surface area (Å²) in [4.78, 5) is 2.23. The summed E-state index contributed by atoms with van der Waals surface area (Å²) in [6.45, 7) is 1.68. The quantitative estimate of drug-likeness (QED) is 0.718. The predicted octanol–water partition coefficient (Wildman–Crippen LogP) is 3.60. The number of anilines is 1. The van der Waals surface area contributed by atoms with Gasteiger partial charge in [-0.2, -0.15) is 0 Å². The normalized spacial score (nSPS) is 10.1. The molecule has 0 spiro atoms. The summed E-state index contributed by atoms with van der Waals surface area (Å²) in [7, 11) is 3.76. The van der Waals surface area contributed by atoms with Gasteiger partial charge >= 0.3 is 0 Å². The van der Waals surface area contributed by atoms with Gasteiger partial charge in [0.05, 0.1) is 13.7 Å². The minimum absolute atomic E-state index is 0.712. The summed E-state index contributed by atoms with van der Waals surface area (Å²) in [5, 5.41) is 0. The standard InChI is InChI=1S/C17H21NO2/c1-18(15-7-4-3-5-8-15)13-6-14-20-17-11-9-16(19-2)10-12-17/h3-5,7-12H,6,13-14H2,1-2H3. The van der Waals surface area contributed by atoms with Crippen LogP contribution in [0.4, 0.5) is 5.69 Å². The maximum atomic E-state index is 5.71. The fourth-order valence-electron chi connectivity index (χ4n) is 1.98. The topological polar surface area (TPSA) is 21.7 Å². The molecule has 2 aromatic rings. The minimum Gasteiger partial charge on any atom is -0.497 e. The van der Waals surface area contributed by atoms with Crippen molar-refractivity contribution in [1.29, 1.82) is 0 Å². The van der Waals surface area contributed by atoms with Crippen molar-refractivity contribution in [3.05, 3.63) is 54.6 Å². The van der Waals surface area contributed by atoms with Gasteiger partial charge in [-0.05, 0) is 42.8 Å². The largest absolute Gasteiger partial charge is 0.497 e. The highest BCUT2D eigenvalue weighted by Gasteiger charge is 2.00. The number of para-hydroxylation sites is 1. The maximum absolute atomic E-state index is 5.71. The third-order valence-corrected chi connectivity index (χ3v) is 3.16. The minimum atomic E-state index is 0.712. The van der Waals surface area contributed by atoms with Crippen molar-refractivity contribution < 1.29 is 9.47 Å². The zero-order chi connectivity index (χ0) is 14.2. The maximum Gasteiger partial charge on any atom is 0.119 e. The molecule has 3 nitrogen and oxygen atoms in total. The molecule has 0 aliphatic carbocycles. The van der Waals surface area contributed by atoms with Crippen molar-refractivity contribution >= 4 is 5.69 Å². The average Bonchev–Trinajstić information content (AvgIpc) is 2.53. The Hall–Kier alpha value is -2.16. The molecule has 0 radical (unpaired) electrons. The highest BCUT2D eigenvalue weighted by atomic mass is 16.5. The van der Waals surface area contributed by atoms with Gasteiger partial charge in [0.2, 0.25) is 0 Å². The number of methoxy groups -OCH3 is 1. The Labute approximate surface area is 120 Å². The van der Waals surface area contributed by atoms with Crippen LogP contribution in [-0.2, 0) is 0 Å². The van der Waals surface area contributed by atoms with Crippen LogP contribution in [0.1, 0.15) is 6.42 Å². The summed E-state index contributed by atoms with van der Waals surface area (Å²) < 4.78 is 10.8. The third-order valence-electron chi connectivity index (χ3n) is 3.16. The third kappa shape index (κ3) is 4.19. The van der Waals surface area contributed by atoms with E-state index >= 15 is 0 Å². The number of hydrogen-bond acceptors (Lipinski definition) is 3. The molecule has 0 N–H and O–H groups in total. The molecule has 0 saturated carbocycles. The second kappa shape index (κ2) is 7.43. The van der Waals surface area contributed by atoms with E-state index < -0.39 is 0 Å². The zero-order valence-corrected chi connectivity index (χ0v) is 12.1. The lowest BCUT2D eigenvalue weighted by Crippen LogP contribution is -2.20. The van der Waals surface area contributed by atoms with Gasteiger partial charge in [0.25, 0.3) is 0 Å². The van der Waals surface area contributed by atoms with E-state index in [9.17, 15) is 0 Å². The van der Waals surface area contributed by atoms with Crippen molar-refractivity contribution in [3.8, 4) is 11.5 Å². The molecule has 3 heteroatoms. The molecule has 20 heavy (non-hydrogen) atoms. The van der Waals surface area contributed by atoms with Crippen LogP contribution in [0, 0.1) is 0 Å². The smallest absolute Gasteiger partial charge is 0.119 e. The van der Waals surface area contributed by atoms with E-state index in [0.29, 0.717) is 6.61 Å². The molecule has 2 rings (SSSR count). The van der Waals surface area contributed by atoms with Crippen LogP contribution in [0.15, 0.2) is 54.6 Å². The first-order valence-corrected chi connectivity index (χ1v) is 6.82. The number of hydrogen-bond donors (Lipinski definition) is 0. The van der Waals surface area contributed by atoms with Gasteiger partial charge in [0.1, 0.15) is 11.5 Å². The van der Waals surface area contributed by atoms with Gasteiger partial charge < -0.3 is 14.4 Å². The van der Waals surface area contributed by atoms with E-state index in [4.69, 9.17) is 9.47 Å². The lowest BCUT2D eigenvalue weighted by atomic mass is 10.3. The van der Waals surface area contributed by atoms with Gasteiger partial charge in [-0.1, -0.05) is 18.2 Å². The Kier molecular flexibility index (Phi) is 5.30. The molecule has 0 aromatic heterocycles. The summed E-state index contributed by atoms with van der Waals surface area (Å²) in [6.07, 6.45) is 0.984. The Morgan fingerprint density at radius 1 is 0.900 bits per heavy atom. The molecule has 0 aliphatic heterocycles. The molecule has 0 amide bonds. The average molecular weight is 271 g/mol. The second-order valence-electron chi connectivity index (χ2n) is 4.63. The predicted molar refractivity (Wildman–Crippen MR) is 82.8 cm³/mol. The van der Waals surface area contributed by atoms with Crippen molar-refractivity contribution in [3.63, 3.8) is 0 Å². The lowest BCUT2D eigenvalue weighted by Gasteiger charge is -2.19. The first kappa shape index (κ1) is 14.3. The summed E-state index contributed by atoms with van der Waals surface area (Å²) in [6, 6.07) is 18.1. The molecule has 0 fully saturated rings. The SMILES string of the molecule is COc1ccc(OCCCN(C)c2ccccc2)cc1. The fourth-order valence-corrected chi connectivity index (χ4v) is 1.98. The number of benzene rings is 2. The summed E-state index contributed by atoms with van der Waals surface area (Å²) in [5.74, 6) is 1.73. The van der Waals surface area contributed by atoms with Crippen molar-refractivity contribution in [1.82, 2.24) is 0 Å². The number of nitrogens with zero attached hydrogens (tertiary/aromatic N) is 1. The molecule has 0 atom stereocenters. The highest BCUT2D eigenvalue weighted by molar-refractivity contribution is 5.44. The molecule has 0 unspecified atom stereocenters. The van der Waals surface area contributed by atoms with Gasteiger partial charge in [0, 0.05) is 19.3 Å². The van der Waals surface area contributed by atoms with E-state index in [2.05, 4.69) is 36.2 Å². The Morgan fingerprint density at radius 2 is 1.55 bits per heavy atom. The first-order valence-electron chi connectivity index (χ1n) is 6.82. The van der Waals surface area contributed by atoms with Crippen LogP contribution in [0.5, 0.6) is 11.5 Å². The van der Waals surface area contributed by atoms with E-state index in [1.807, 2.05) is 30.3 Å². The molecule has 2 aromatic carbocycles. The number of rotatable bonds is 7. The van der Waals surface area contributed by atoms with Gasteiger partial charge in [-0.25, -0.2) is 0 Å². The number of ether oxygens (including phenoxy) is 2. The molecule has 0 saturated heterocycles. The second-order valence-corrected chi connectivity index (χ2v) is 4.63. The molecule has 106 valence electrons. The van der Waals surface area contributed by atoms with Gasteiger partial charge in [-0.15, -0.1) is 0 Å². The van der Waals surface area contributed by atoms with Crippen LogP contribution in [0.25, 0.3) is 0 Å². The van der Waals surface area contributed by atoms with Crippen LogP contribution in [0.2, 0.25) is 0 Å². The Bertz CT molecular complexity index is 496. The molecule has 0 heterocycles. The van der Waals surface area contributed by atoms with Crippen molar-refractivity contribution in [2.75, 3.05) is 32.2 Å². The van der Waals surface area contributed by atoms with E-state index in [-0.39, 0.29) is 0 Å². The van der Waals surface area contributed by atoms with Crippen LogP contribution >= 0.6 is 0 Å². The van der Waals surface area contributed by atoms with E-state index in [1.54, 1.807) is 7.11 Å². The zero-order valence-electron chi connectivity index (χ0n) is 12.1. The summed E-state index contributed by atoms with van der Waals surface area (Å²) >= 11 is 0. The van der Waals surface area contributed by atoms with E-state index in [1.165, 1.54) is 5.69 Å². The Morgan fingerprint density at radius 3 is 2.20 bits per heavy atom. The highest BCUT2D eigenvalue weighted by Crippen LogP contribution is 2.17.